The Morgan fingerprint density at radius 3 is 1.20 bits per heavy atom. The summed E-state index contributed by atoms with van der Waals surface area (Å²) in [5.41, 5.74) is 0. The molecule has 1 rings (SSSR count). The fourth-order valence-corrected chi connectivity index (χ4v) is 7.94. The molecular weight excluding hydrogens is 997 g/mol. The predicted octanol–water partition coefficient (Wildman–Crippen LogP) is 15.6. The lowest BCUT2D eigenvalue weighted by molar-refractivity contribution is -0.301. The van der Waals surface area contributed by atoms with Crippen LogP contribution < -0.4 is 0 Å². The molecule has 442 valence electrons. The standard InChI is InChI=1S/C67H102O12/c1-4-7-10-13-16-19-22-25-27-29-30-32-34-37-40-43-46-49-52-55-61(70)78-65-63(72)62(71)64(66(73)74)79-67(65)76-57-58(77-60(69)54-51-48-45-42-39-35-24-21-18-15-12-9-6-3)56-75-59(68)53-50-47-44-41-38-36-33-31-28-26-23-20-17-14-11-8-5-2/h7-12,16-21,25-28,30,32-33,35-36,39,41,44,58,62-65,67,71-72H,4-6,13-15,22-24,29,31,34,37-38,40,42-43,45-57H2,1-3H3,(H,73,74)/b10-7-,11-8-,12-9-,19-16-,20-17-,21-18-,27-25-,28-26-,32-30-,36-33-,39-35-,44-41-. The molecule has 12 nitrogen and oxygen atoms in total. The summed E-state index contributed by atoms with van der Waals surface area (Å²) in [6.07, 6.45) is 63.9. The summed E-state index contributed by atoms with van der Waals surface area (Å²) >= 11 is 0. The molecule has 6 atom stereocenters. The lowest BCUT2D eigenvalue weighted by Gasteiger charge is -2.40. The zero-order valence-corrected chi connectivity index (χ0v) is 48.5. The van der Waals surface area contributed by atoms with Crippen LogP contribution in [0.3, 0.4) is 0 Å². The van der Waals surface area contributed by atoms with Gasteiger partial charge in [0.25, 0.3) is 0 Å². The highest BCUT2D eigenvalue weighted by Crippen LogP contribution is 2.26. The highest BCUT2D eigenvalue weighted by molar-refractivity contribution is 5.74. The maximum atomic E-state index is 13.1. The normalized spacial score (nSPS) is 18.9. The van der Waals surface area contributed by atoms with Gasteiger partial charge in [-0.15, -0.1) is 0 Å². The number of carboxylic acids is 1. The molecule has 0 saturated carbocycles. The number of carbonyl (C=O) groups excluding carboxylic acids is 3. The van der Waals surface area contributed by atoms with E-state index in [1.807, 2.05) is 6.08 Å². The van der Waals surface area contributed by atoms with Crippen molar-refractivity contribution in [2.45, 2.75) is 237 Å². The average Bonchev–Trinajstić information content (AvgIpc) is 3.47. The topological polar surface area (TPSA) is 175 Å². The minimum Gasteiger partial charge on any atom is -0.479 e. The van der Waals surface area contributed by atoms with Crippen LogP contribution in [-0.2, 0) is 42.9 Å². The number of hydrogen-bond donors (Lipinski definition) is 3. The third kappa shape index (κ3) is 43.1. The minimum atomic E-state index is -1.93. The van der Waals surface area contributed by atoms with E-state index in [9.17, 15) is 34.5 Å². The van der Waals surface area contributed by atoms with Crippen molar-refractivity contribution < 1.29 is 58.2 Å². The Balaban J connectivity index is 2.74. The fraction of sp³-hybridized carbons (Fsp3) is 0.582. The number of ether oxygens (including phenoxy) is 5. The molecule has 0 aliphatic carbocycles. The first kappa shape index (κ1) is 71.6. The first-order valence-electron chi connectivity index (χ1n) is 29.8. The van der Waals surface area contributed by atoms with Gasteiger partial charge in [-0.3, -0.25) is 14.4 Å². The Morgan fingerprint density at radius 1 is 0.418 bits per heavy atom. The second kappa shape index (κ2) is 53.3. The molecule has 0 spiro atoms. The van der Waals surface area contributed by atoms with Crippen molar-refractivity contribution in [1.29, 1.82) is 0 Å². The Hall–Kier alpha value is -5.40. The molecule has 6 unspecified atom stereocenters. The molecule has 79 heavy (non-hydrogen) atoms. The third-order valence-corrected chi connectivity index (χ3v) is 12.4. The molecule has 0 aromatic carbocycles. The van der Waals surface area contributed by atoms with Crippen molar-refractivity contribution in [3.8, 4) is 0 Å². The van der Waals surface area contributed by atoms with E-state index >= 15 is 0 Å². The number of aliphatic carboxylic acids is 1. The van der Waals surface area contributed by atoms with Crippen molar-refractivity contribution in [3.63, 3.8) is 0 Å². The number of esters is 3. The van der Waals surface area contributed by atoms with E-state index in [0.29, 0.717) is 25.7 Å². The van der Waals surface area contributed by atoms with Crippen LogP contribution in [0.2, 0.25) is 0 Å². The molecule has 0 aromatic rings. The van der Waals surface area contributed by atoms with Crippen LogP contribution in [0.5, 0.6) is 0 Å². The SMILES string of the molecule is CC/C=C\C/C=C\C/C=C\C/C=C\C/C=C\CCCC(=O)OCC(COC1OC(C(=O)O)C(O)C(O)C1OC(=O)CCCCCCCC/C=C\C/C=C\C/C=C\C/C=C\CC)OC(=O)CCCCC/C=C\C/C=C\C/C=C\CC. The summed E-state index contributed by atoms with van der Waals surface area (Å²) in [6, 6.07) is 0. The Labute approximate surface area is 476 Å². The summed E-state index contributed by atoms with van der Waals surface area (Å²) < 4.78 is 28.3. The van der Waals surface area contributed by atoms with Crippen LogP contribution >= 0.6 is 0 Å². The minimum absolute atomic E-state index is 0.0262. The molecule has 1 heterocycles. The van der Waals surface area contributed by atoms with E-state index in [0.717, 1.165) is 135 Å². The van der Waals surface area contributed by atoms with Gasteiger partial charge >= 0.3 is 23.9 Å². The van der Waals surface area contributed by atoms with Crippen molar-refractivity contribution in [1.82, 2.24) is 0 Å². The van der Waals surface area contributed by atoms with Crippen molar-refractivity contribution in [2.24, 2.45) is 0 Å². The van der Waals surface area contributed by atoms with E-state index in [2.05, 4.69) is 161 Å². The first-order chi connectivity index (χ1) is 38.6. The number of allylic oxidation sites excluding steroid dienone is 24. The maximum absolute atomic E-state index is 13.1. The summed E-state index contributed by atoms with van der Waals surface area (Å²) in [6.45, 7) is 5.55. The lowest BCUT2D eigenvalue weighted by atomic mass is 9.98. The fourth-order valence-electron chi connectivity index (χ4n) is 7.94. The number of hydrogen-bond acceptors (Lipinski definition) is 11. The highest BCUT2D eigenvalue weighted by atomic mass is 16.7. The van der Waals surface area contributed by atoms with Gasteiger partial charge in [-0.1, -0.05) is 199 Å². The summed E-state index contributed by atoms with van der Waals surface area (Å²) in [7, 11) is 0. The second-order valence-electron chi connectivity index (χ2n) is 19.5. The van der Waals surface area contributed by atoms with Gasteiger partial charge in [0, 0.05) is 19.3 Å². The number of carboxylic acid groups (broad SMARTS) is 1. The van der Waals surface area contributed by atoms with E-state index in [-0.39, 0.29) is 25.9 Å². The van der Waals surface area contributed by atoms with Crippen LogP contribution in [0.25, 0.3) is 0 Å². The van der Waals surface area contributed by atoms with Gasteiger partial charge < -0.3 is 39.0 Å². The van der Waals surface area contributed by atoms with Crippen LogP contribution in [0.4, 0.5) is 0 Å². The van der Waals surface area contributed by atoms with Gasteiger partial charge in [0.2, 0.25) is 0 Å². The van der Waals surface area contributed by atoms with E-state index < -0.39 is 67.3 Å². The molecular formula is C67H102O12. The van der Waals surface area contributed by atoms with Crippen LogP contribution in [0.1, 0.15) is 201 Å². The number of aliphatic hydroxyl groups is 2. The smallest absolute Gasteiger partial charge is 0.335 e. The quantitative estimate of drug-likeness (QED) is 0.0228. The zero-order valence-electron chi connectivity index (χ0n) is 48.5. The van der Waals surface area contributed by atoms with Gasteiger partial charge in [0.1, 0.15) is 18.8 Å². The van der Waals surface area contributed by atoms with Gasteiger partial charge in [-0.05, 0) is 128 Å². The predicted molar refractivity (Wildman–Crippen MR) is 321 cm³/mol. The number of aliphatic hydroxyl groups excluding tert-OH is 2. The van der Waals surface area contributed by atoms with Crippen molar-refractivity contribution in [2.75, 3.05) is 13.2 Å². The van der Waals surface area contributed by atoms with Crippen molar-refractivity contribution in [3.05, 3.63) is 146 Å². The Kier molecular flexibility index (Phi) is 48.3. The van der Waals surface area contributed by atoms with Crippen molar-refractivity contribution >= 4 is 23.9 Å². The number of unbranched alkanes of at least 4 members (excludes halogenated alkanes) is 10. The second-order valence-corrected chi connectivity index (χ2v) is 19.5. The molecule has 1 aliphatic rings. The zero-order chi connectivity index (χ0) is 57.5. The van der Waals surface area contributed by atoms with E-state index in [1.54, 1.807) is 0 Å². The summed E-state index contributed by atoms with van der Waals surface area (Å²) in [5.74, 6) is -3.28. The highest BCUT2D eigenvalue weighted by Gasteiger charge is 2.50. The van der Waals surface area contributed by atoms with E-state index in [4.69, 9.17) is 23.7 Å². The Bertz CT molecular complexity index is 1930. The van der Waals surface area contributed by atoms with Gasteiger partial charge in [-0.25, -0.2) is 4.79 Å². The van der Waals surface area contributed by atoms with Gasteiger partial charge in [0.05, 0.1) is 6.61 Å². The molecule has 1 fully saturated rings. The Morgan fingerprint density at radius 2 is 0.772 bits per heavy atom. The molecule has 1 saturated heterocycles. The largest absolute Gasteiger partial charge is 0.479 e. The number of rotatable bonds is 48. The average molecular weight is 1100 g/mol. The third-order valence-electron chi connectivity index (χ3n) is 12.4. The van der Waals surface area contributed by atoms with E-state index in [1.165, 1.54) is 0 Å². The summed E-state index contributed by atoms with van der Waals surface area (Å²) in [5, 5.41) is 31.5. The van der Waals surface area contributed by atoms with Crippen LogP contribution in [0.15, 0.2) is 146 Å². The van der Waals surface area contributed by atoms with Gasteiger partial charge in [0.15, 0.2) is 24.6 Å². The molecule has 0 amide bonds. The molecule has 3 N–H and O–H groups in total. The molecule has 0 aromatic heterocycles. The molecule has 1 aliphatic heterocycles. The molecule has 12 heteroatoms. The van der Waals surface area contributed by atoms with Crippen LogP contribution in [0, 0.1) is 0 Å². The lowest BCUT2D eigenvalue weighted by Crippen LogP contribution is -2.61. The monoisotopic (exact) mass is 1100 g/mol. The summed E-state index contributed by atoms with van der Waals surface area (Å²) in [4.78, 5) is 51.1. The molecule has 0 bridgehead atoms. The van der Waals surface area contributed by atoms with Crippen LogP contribution in [-0.4, -0.2) is 89.2 Å². The molecule has 0 radical (unpaired) electrons. The van der Waals surface area contributed by atoms with Gasteiger partial charge in [-0.2, -0.15) is 0 Å². The first-order valence-corrected chi connectivity index (χ1v) is 29.8. The maximum Gasteiger partial charge on any atom is 0.335 e. The number of carbonyl (C=O) groups is 4.